The van der Waals surface area contributed by atoms with E-state index in [4.69, 9.17) is 17.3 Å². The highest BCUT2D eigenvalue weighted by Gasteiger charge is 2.09. The van der Waals surface area contributed by atoms with Crippen LogP contribution in [-0.2, 0) is 0 Å². The molecule has 0 aromatic heterocycles. The molecule has 1 aromatic rings. The van der Waals surface area contributed by atoms with Crippen LogP contribution < -0.4 is 5.73 Å². The molecule has 0 unspecified atom stereocenters. The molecule has 0 saturated heterocycles. The maximum atomic E-state index is 11.6. The number of rotatable bonds is 3. The Labute approximate surface area is 89.1 Å². The van der Waals surface area contributed by atoms with Crippen LogP contribution in [0.4, 0.5) is 5.69 Å². The SMILES string of the molecule is CC(C)CC(=O)c1ccc(N)c(Cl)c1. The molecular weight excluding hydrogens is 198 g/mol. The summed E-state index contributed by atoms with van der Waals surface area (Å²) in [5.74, 6) is 0.473. The van der Waals surface area contributed by atoms with Gasteiger partial charge in [0.25, 0.3) is 0 Å². The molecule has 2 N–H and O–H groups in total. The topological polar surface area (TPSA) is 43.1 Å². The van der Waals surface area contributed by atoms with Gasteiger partial charge in [0.05, 0.1) is 10.7 Å². The number of ketones is 1. The predicted molar refractivity (Wildman–Crippen MR) is 59.6 cm³/mol. The lowest BCUT2D eigenvalue weighted by atomic mass is 10.0. The molecule has 0 bridgehead atoms. The molecule has 0 amide bonds. The molecule has 0 aliphatic heterocycles. The van der Waals surface area contributed by atoms with Gasteiger partial charge in [0.15, 0.2) is 5.78 Å². The molecule has 3 heteroatoms. The van der Waals surface area contributed by atoms with Gasteiger partial charge in [-0.25, -0.2) is 0 Å². The lowest BCUT2D eigenvalue weighted by Crippen LogP contribution is -2.03. The second kappa shape index (κ2) is 4.47. The van der Waals surface area contributed by atoms with E-state index in [-0.39, 0.29) is 5.78 Å². The lowest BCUT2D eigenvalue weighted by Gasteiger charge is -2.05. The summed E-state index contributed by atoms with van der Waals surface area (Å²) >= 11 is 5.82. The van der Waals surface area contributed by atoms with Crippen LogP contribution in [-0.4, -0.2) is 5.78 Å². The van der Waals surface area contributed by atoms with E-state index >= 15 is 0 Å². The van der Waals surface area contributed by atoms with E-state index in [1.165, 1.54) is 0 Å². The average molecular weight is 212 g/mol. The zero-order valence-electron chi connectivity index (χ0n) is 8.38. The average Bonchev–Trinajstić information content (AvgIpc) is 2.08. The maximum absolute atomic E-state index is 11.6. The molecule has 0 saturated carbocycles. The monoisotopic (exact) mass is 211 g/mol. The number of anilines is 1. The van der Waals surface area contributed by atoms with Crippen LogP contribution in [0.25, 0.3) is 0 Å². The first-order valence-electron chi connectivity index (χ1n) is 4.59. The van der Waals surface area contributed by atoms with Crippen molar-refractivity contribution in [2.45, 2.75) is 20.3 Å². The first kappa shape index (κ1) is 11.1. The van der Waals surface area contributed by atoms with Gasteiger partial charge in [0.2, 0.25) is 0 Å². The van der Waals surface area contributed by atoms with Crippen LogP contribution in [0.1, 0.15) is 30.6 Å². The van der Waals surface area contributed by atoms with E-state index in [9.17, 15) is 4.79 Å². The number of benzene rings is 1. The minimum absolute atomic E-state index is 0.113. The van der Waals surface area contributed by atoms with E-state index in [0.717, 1.165) is 0 Å². The Morgan fingerprint density at radius 3 is 2.64 bits per heavy atom. The molecule has 0 atom stereocenters. The van der Waals surface area contributed by atoms with Crippen molar-refractivity contribution < 1.29 is 4.79 Å². The van der Waals surface area contributed by atoms with Crippen LogP contribution in [0, 0.1) is 5.92 Å². The first-order valence-corrected chi connectivity index (χ1v) is 4.96. The molecule has 2 nitrogen and oxygen atoms in total. The van der Waals surface area contributed by atoms with Crippen molar-refractivity contribution >= 4 is 23.1 Å². The quantitative estimate of drug-likeness (QED) is 0.617. The van der Waals surface area contributed by atoms with Crippen molar-refractivity contribution in [3.63, 3.8) is 0 Å². The summed E-state index contributed by atoms with van der Waals surface area (Å²) in [4.78, 5) is 11.6. The third-order valence-corrected chi connectivity index (χ3v) is 2.24. The molecule has 1 aromatic carbocycles. The van der Waals surface area contributed by atoms with Crippen molar-refractivity contribution in [2.24, 2.45) is 5.92 Å². The summed E-state index contributed by atoms with van der Waals surface area (Å²) in [5, 5.41) is 0.444. The van der Waals surface area contributed by atoms with E-state index in [1.807, 2.05) is 13.8 Å². The van der Waals surface area contributed by atoms with E-state index in [1.54, 1.807) is 18.2 Å². The largest absolute Gasteiger partial charge is 0.398 e. The molecule has 0 aliphatic carbocycles. The zero-order valence-corrected chi connectivity index (χ0v) is 9.14. The van der Waals surface area contributed by atoms with Gasteiger partial charge in [-0.05, 0) is 24.1 Å². The first-order chi connectivity index (χ1) is 6.50. The van der Waals surface area contributed by atoms with Crippen LogP contribution >= 0.6 is 11.6 Å². The van der Waals surface area contributed by atoms with E-state index < -0.39 is 0 Å². The highest BCUT2D eigenvalue weighted by atomic mass is 35.5. The minimum atomic E-state index is 0.113. The molecule has 76 valence electrons. The van der Waals surface area contributed by atoms with Crippen molar-refractivity contribution in [1.29, 1.82) is 0 Å². The van der Waals surface area contributed by atoms with Crippen LogP contribution in [0.5, 0.6) is 0 Å². The minimum Gasteiger partial charge on any atom is -0.398 e. The number of hydrogen-bond acceptors (Lipinski definition) is 2. The van der Waals surface area contributed by atoms with Crippen molar-refractivity contribution in [1.82, 2.24) is 0 Å². The van der Waals surface area contributed by atoms with Gasteiger partial charge in [-0.2, -0.15) is 0 Å². The third-order valence-electron chi connectivity index (χ3n) is 1.92. The fraction of sp³-hybridized carbons (Fsp3) is 0.364. The normalized spacial score (nSPS) is 10.6. The summed E-state index contributed by atoms with van der Waals surface area (Å²) in [6.07, 6.45) is 0.542. The number of carbonyl (C=O) groups is 1. The van der Waals surface area contributed by atoms with Gasteiger partial charge in [0, 0.05) is 12.0 Å². The molecule has 0 aliphatic rings. The number of nitrogens with two attached hydrogens (primary N) is 1. The van der Waals surface area contributed by atoms with E-state index in [0.29, 0.717) is 28.6 Å². The van der Waals surface area contributed by atoms with Gasteiger partial charge in [0.1, 0.15) is 0 Å². The van der Waals surface area contributed by atoms with Gasteiger partial charge in [-0.3, -0.25) is 4.79 Å². The smallest absolute Gasteiger partial charge is 0.163 e. The molecule has 0 radical (unpaired) electrons. The summed E-state index contributed by atoms with van der Waals surface area (Å²) in [6, 6.07) is 5.00. The molecule has 0 spiro atoms. The maximum Gasteiger partial charge on any atom is 0.163 e. The summed E-state index contributed by atoms with van der Waals surface area (Å²) < 4.78 is 0. The van der Waals surface area contributed by atoms with Crippen molar-refractivity contribution in [3.05, 3.63) is 28.8 Å². The summed E-state index contributed by atoms with van der Waals surface area (Å²) in [5.41, 5.74) is 6.69. The number of Topliss-reactive ketones (excluding diaryl/α,β-unsaturated/α-hetero) is 1. The molecule has 14 heavy (non-hydrogen) atoms. The molecule has 0 heterocycles. The number of halogens is 1. The number of hydrogen-bond donors (Lipinski definition) is 1. The van der Waals surface area contributed by atoms with Crippen molar-refractivity contribution in [2.75, 3.05) is 5.73 Å². The van der Waals surface area contributed by atoms with E-state index in [2.05, 4.69) is 0 Å². The molecular formula is C11H14ClNO. The standard InChI is InChI=1S/C11H14ClNO/c1-7(2)5-11(14)8-3-4-10(13)9(12)6-8/h3-4,6-7H,5,13H2,1-2H3. The highest BCUT2D eigenvalue weighted by molar-refractivity contribution is 6.33. The molecule has 0 fully saturated rings. The number of nitrogen functional groups attached to an aromatic ring is 1. The second-order valence-corrected chi connectivity index (χ2v) is 4.16. The fourth-order valence-corrected chi connectivity index (χ4v) is 1.37. The zero-order chi connectivity index (χ0) is 10.7. The third kappa shape index (κ3) is 2.74. The van der Waals surface area contributed by atoms with Crippen LogP contribution in [0.15, 0.2) is 18.2 Å². The van der Waals surface area contributed by atoms with Crippen molar-refractivity contribution in [3.8, 4) is 0 Å². The Morgan fingerprint density at radius 1 is 1.50 bits per heavy atom. The van der Waals surface area contributed by atoms with Gasteiger partial charge in [-0.15, -0.1) is 0 Å². The Morgan fingerprint density at radius 2 is 2.14 bits per heavy atom. The van der Waals surface area contributed by atoms with Gasteiger partial charge in [-0.1, -0.05) is 25.4 Å². The Balaban J connectivity index is 2.86. The van der Waals surface area contributed by atoms with Gasteiger partial charge < -0.3 is 5.73 Å². The Kier molecular flexibility index (Phi) is 3.53. The Bertz CT molecular complexity index is 347. The predicted octanol–water partition coefficient (Wildman–Crippen LogP) is 3.15. The van der Waals surface area contributed by atoms with Crippen LogP contribution in [0.3, 0.4) is 0 Å². The fourth-order valence-electron chi connectivity index (χ4n) is 1.19. The van der Waals surface area contributed by atoms with Gasteiger partial charge >= 0.3 is 0 Å². The second-order valence-electron chi connectivity index (χ2n) is 3.76. The lowest BCUT2D eigenvalue weighted by molar-refractivity contribution is 0.0968. The summed E-state index contributed by atoms with van der Waals surface area (Å²) in [7, 11) is 0. The summed E-state index contributed by atoms with van der Waals surface area (Å²) in [6.45, 7) is 4.02. The Hall–Kier alpha value is -1.02. The highest BCUT2D eigenvalue weighted by Crippen LogP contribution is 2.21. The van der Waals surface area contributed by atoms with Crippen LogP contribution in [0.2, 0.25) is 5.02 Å². The number of carbonyl (C=O) groups excluding carboxylic acids is 1. The molecule has 1 rings (SSSR count).